The maximum absolute atomic E-state index is 13.1. The number of nitrogens with two attached hydrogens (primary N) is 1. The molecule has 3 rings (SSSR count). The van der Waals surface area contributed by atoms with Gasteiger partial charge in [-0.2, -0.15) is 0 Å². The summed E-state index contributed by atoms with van der Waals surface area (Å²) < 4.78 is 11.6. The minimum absolute atomic E-state index is 0.0802. The Morgan fingerprint density at radius 1 is 1.08 bits per heavy atom. The van der Waals surface area contributed by atoms with Crippen LogP contribution >= 0.6 is 0 Å². The van der Waals surface area contributed by atoms with E-state index < -0.39 is 23.4 Å². The number of nitrogens with zero attached hydrogens (tertiary/aromatic N) is 2. The van der Waals surface area contributed by atoms with Crippen molar-refractivity contribution in [3.63, 3.8) is 0 Å². The van der Waals surface area contributed by atoms with Gasteiger partial charge in [0.05, 0.1) is 30.7 Å². The Bertz CT molecular complexity index is 1480. The van der Waals surface area contributed by atoms with Crippen molar-refractivity contribution in [2.75, 3.05) is 13.2 Å². The van der Waals surface area contributed by atoms with Crippen molar-refractivity contribution in [1.29, 1.82) is 5.41 Å². The van der Waals surface area contributed by atoms with Crippen LogP contribution in [-0.2, 0) is 42.9 Å². The average molecular weight is 536 g/mol. The summed E-state index contributed by atoms with van der Waals surface area (Å²) in [5.41, 5.74) is 6.65. The van der Waals surface area contributed by atoms with Gasteiger partial charge in [0.15, 0.2) is 5.54 Å². The zero-order chi connectivity index (χ0) is 28.7. The number of hydrogen-bond acceptors (Lipinski definition) is 8. The number of carbonyl (C=O) groups is 3. The lowest BCUT2D eigenvalue weighted by Gasteiger charge is -2.29. The van der Waals surface area contributed by atoms with Crippen molar-refractivity contribution in [1.82, 2.24) is 14.9 Å². The molecule has 11 nitrogen and oxygen atoms in total. The monoisotopic (exact) mass is 535 g/mol. The second kappa shape index (κ2) is 12.3. The van der Waals surface area contributed by atoms with Gasteiger partial charge in [0.1, 0.15) is 11.5 Å². The zero-order valence-electron chi connectivity index (χ0n) is 22.5. The molecule has 1 amide bonds. The quantitative estimate of drug-likeness (QED) is 0.191. The SMILES string of the molecule is CCOC(=O)CCC(=O)NC(C)(C(=O)OCC)c1ccc2c(c1)nc(Cc1cccc(C(=N)N)c1)c(=O)n2C. The summed E-state index contributed by atoms with van der Waals surface area (Å²) >= 11 is 0. The van der Waals surface area contributed by atoms with E-state index >= 15 is 0 Å². The number of nitrogens with one attached hydrogen (secondary N) is 2. The Kier molecular flexibility index (Phi) is 9.18. The highest BCUT2D eigenvalue weighted by Crippen LogP contribution is 2.26. The van der Waals surface area contributed by atoms with Gasteiger partial charge in [-0.05, 0) is 50.1 Å². The molecule has 1 unspecified atom stereocenters. The molecule has 4 N–H and O–H groups in total. The fraction of sp³-hybridized carbons (Fsp3) is 0.357. The summed E-state index contributed by atoms with van der Waals surface area (Å²) in [5, 5.41) is 10.4. The lowest BCUT2D eigenvalue weighted by molar-refractivity contribution is -0.153. The maximum atomic E-state index is 13.1. The predicted octanol–water partition coefficient (Wildman–Crippen LogP) is 2.05. The first-order valence-electron chi connectivity index (χ1n) is 12.6. The van der Waals surface area contributed by atoms with Gasteiger partial charge in [-0.3, -0.25) is 19.8 Å². The molecule has 1 aromatic heterocycles. The molecule has 0 spiro atoms. The van der Waals surface area contributed by atoms with Crippen molar-refractivity contribution in [3.8, 4) is 0 Å². The van der Waals surface area contributed by atoms with E-state index in [0.717, 1.165) is 5.56 Å². The molecule has 2 aromatic carbocycles. The van der Waals surface area contributed by atoms with Crippen LogP contribution < -0.4 is 16.6 Å². The summed E-state index contributed by atoms with van der Waals surface area (Å²) in [7, 11) is 1.63. The standard InChI is InChI=1S/C28H33N5O6/c1-5-38-24(35)13-12-23(34)32-28(3,27(37)39-6-2)19-10-11-22-20(16-19)31-21(26(36)33(22)4)15-17-8-7-9-18(14-17)25(29)30/h7-11,14,16H,5-6,12-13,15H2,1-4H3,(H3,29,30)(H,32,34). The highest BCUT2D eigenvalue weighted by atomic mass is 16.5. The van der Waals surface area contributed by atoms with E-state index in [1.807, 2.05) is 6.07 Å². The summed E-state index contributed by atoms with van der Waals surface area (Å²) in [6, 6.07) is 11.9. The van der Waals surface area contributed by atoms with Crippen LogP contribution in [0.15, 0.2) is 47.3 Å². The molecule has 1 heterocycles. The highest BCUT2D eigenvalue weighted by Gasteiger charge is 2.39. The molecular formula is C28H33N5O6. The third-order valence-corrected chi connectivity index (χ3v) is 6.27. The minimum Gasteiger partial charge on any atom is -0.466 e. The van der Waals surface area contributed by atoms with Gasteiger partial charge < -0.3 is 25.1 Å². The van der Waals surface area contributed by atoms with E-state index in [4.69, 9.17) is 20.6 Å². The lowest BCUT2D eigenvalue weighted by atomic mass is 9.91. The Labute approximate surface area is 225 Å². The van der Waals surface area contributed by atoms with E-state index in [1.165, 1.54) is 11.5 Å². The molecule has 206 valence electrons. The fourth-order valence-electron chi connectivity index (χ4n) is 4.17. The van der Waals surface area contributed by atoms with E-state index in [9.17, 15) is 19.2 Å². The van der Waals surface area contributed by atoms with Gasteiger partial charge in [-0.15, -0.1) is 0 Å². The minimum atomic E-state index is -1.58. The zero-order valence-corrected chi connectivity index (χ0v) is 22.5. The third kappa shape index (κ3) is 6.67. The second-order valence-corrected chi connectivity index (χ2v) is 9.12. The topological polar surface area (TPSA) is 166 Å². The van der Waals surface area contributed by atoms with Crippen LogP contribution in [0.4, 0.5) is 0 Å². The van der Waals surface area contributed by atoms with Crippen LogP contribution in [0.1, 0.15) is 56.0 Å². The van der Waals surface area contributed by atoms with Crippen LogP contribution in [0, 0.1) is 5.41 Å². The first-order chi connectivity index (χ1) is 18.5. The van der Waals surface area contributed by atoms with E-state index in [-0.39, 0.29) is 49.6 Å². The van der Waals surface area contributed by atoms with Crippen molar-refractivity contribution < 1.29 is 23.9 Å². The van der Waals surface area contributed by atoms with E-state index in [0.29, 0.717) is 22.2 Å². The molecule has 1 atom stereocenters. The summed E-state index contributed by atoms with van der Waals surface area (Å²) in [6.07, 6.45) is -0.0977. The molecule has 11 heteroatoms. The molecule has 0 aliphatic carbocycles. The van der Waals surface area contributed by atoms with Gasteiger partial charge in [0.2, 0.25) is 5.91 Å². The summed E-state index contributed by atoms with van der Waals surface area (Å²) in [4.78, 5) is 55.2. The molecule has 39 heavy (non-hydrogen) atoms. The Balaban J connectivity index is 2.01. The second-order valence-electron chi connectivity index (χ2n) is 9.12. The average Bonchev–Trinajstić information content (AvgIpc) is 2.90. The van der Waals surface area contributed by atoms with Crippen LogP contribution in [0.3, 0.4) is 0 Å². The van der Waals surface area contributed by atoms with E-state index in [1.54, 1.807) is 57.3 Å². The van der Waals surface area contributed by atoms with Crippen LogP contribution in [-0.4, -0.2) is 46.4 Å². The predicted molar refractivity (Wildman–Crippen MR) is 145 cm³/mol. The fourth-order valence-corrected chi connectivity index (χ4v) is 4.17. The van der Waals surface area contributed by atoms with Crippen molar-refractivity contribution >= 4 is 34.7 Å². The highest BCUT2D eigenvalue weighted by molar-refractivity contribution is 5.95. The molecular weight excluding hydrogens is 502 g/mol. The van der Waals surface area contributed by atoms with Gasteiger partial charge in [-0.1, -0.05) is 24.3 Å². The van der Waals surface area contributed by atoms with Crippen LogP contribution in [0.5, 0.6) is 0 Å². The number of amidine groups is 1. The number of aromatic nitrogens is 2. The Morgan fingerprint density at radius 2 is 1.79 bits per heavy atom. The van der Waals surface area contributed by atoms with Crippen LogP contribution in [0.25, 0.3) is 11.0 Å². The molecule has 0 saturated carbocycles. The number of hydrogen-bond donors (Lipinski definition) is 3. The van der Waals surface area contributed by atoms with Crippen LogP contribution in [0.2, 0.25) is 0 Å². The smallest absolute Gasteiger partial charge is 0.336 e. The van der Waals surface area contributed by atoms with Gasteiger partial charge in [0, 0.05) is 25.5 Å². The third-order valence-electron chi connectivity index (χ3n) is 6.27. The largest absolute Gasteiger partial charge is 0.466 e. The molecule has 0 aliphatic rings. The number of esters is 2. The molecule has 0 fully saturated rings. The first kappa shape index (κ1) is 29.0. The number of rotatable bonds is 11. The molecule has 0 saturated heterocycles. The van der Waals surface area contributed by atoms with E-state index in [2.05, 4.69) is 10.3 Å². The normalized spacial score (nSPS) is 12.4. The van der Waals surface area contributed by atoms with Crippen molar-refractivity contribution in [2.45, 2.75) is 45.6 Å². The maximum Gasteiger partial charge on any atom is 0.336 e. The summed E-state index contributed by atoms with van der Waals surface area (Å²) in [5.74, 6) is -1.80. The van der Waals surface area contributed by atoms with Crippen molar-refractivity contribution in [2.24, 2.45) is 12.8 Å². The number of nitrogen functional groups attached to an aromatic ring is 1. The van der Waals surface area contributed by atoms with Gasteiger partial charge in [0.25, 0.3) is 5.56 Å². The Hall–Kier alpha value is -4.54. The summed E-state index contributed by atoms with van der Waals surface area (Å²) in [6.45, 7) is 5.15. The molecule has 0 bridgehead atoms. The Morgan fingerprint density at radius 3 is 2.46 bits per heavy atom. The van der Waals surface area contributed by atoms with Gasteiger partial charge in [-0.25, -0.2) is 9.78 Å². The lowest BCUT2D eigenvalue weighted by Crippen LogP contribution is -2.50. The molecule has 3 aromatic rings. The number of fused-ring (bicyclic) bond motifs is 1. The molecule has 0 radical (unpaired) electrons. The number of carbonyl (C=O) groups excluding carboxylic acids is 3. The molecule has 0 aliphatic heterocycles. The number of aryl methyl sites for hydroxylation is 1. The number of amides is 1. The number of benzene rings is 2. The van der Waals surface area contributed by atoms with Crippen molar-refractivity contribution in [3.05, 3.63) is 75.2 Å². The first-order valence-corrected chi connectivity index (χ1v) is 12.6. The van der Waals surface area contributed by atoms with Gasteiger partial charge >= 0.3 is 11.9 Å². The number of ether oxygens (including phenoxy) is 2.